The summed E-state index contributed by atoms with van der Waals surface area (Å²) in [5, 5.41) is 13.7. The summed E-state index contributed by atoms with van der Waals surface area (Å²) in [7, 11) is 0. The molecule has 0 aromatic heterocycles. The molecule has 2 heteroatoms. The molecule has 0 aliphatic heterocycles. The summed E-state index contributed by atoms with van der Waals surface area (Å²) in [5.41, 5.74) is 0. The third-order valence-electron chi connectivity index (χ3n) is 4.52. The highest BCUT2D eigenvalue weighted by Gasteiger charge is 2.28. The molecule has 2 aliphatic rings. The minimum Gasteiger partial charge on any atom is -0.392 e. The lowest BCUT2D eigenvalue weighted by Gasteiger charge is -2.34. The standard InChI is InChI=1S/C14H27NO/c1-11-7-3-2-4-8-12(11)15-13-9-5-6-10-14(13)16/h11-16H,2-10H2,1H3. The van der Waals surface area contributed by atoms with Crippen molar-refractivity contribution in [2.45, 2.75) is 82.9 Å². The van der Waals surface area contributed by atoms with Crippen molar-refractivity contribution in [3.05, 3.63) is 0 Å². The predicted molar refractivity (Wildman–Crippen MR) is 67.4 cm³/mol. The van der Waals surface area contributed by atoms with E-state index < -0.39 is 0 Å². The number of hydrogen-bond donors (Lipinski definition) is 2. The van der Waals surface area contributed by atoms with Gasteiger partial charge in [0.15, 0.2) is 0 Å². The SMILES string of the molecule is CC1CCCCCC1NC1CCCCC1O. The second kappa shape index (κ2) is 6.02. The average Bonchev–Trinajstić information content (AvgIpc) is 2.48. The van der Waals surface area contributed by atoms with Crippen LogP contribution < -0.4 is 5.32 Å². The quantitative estimate of drug-likeness (QED) is 0.708. The van der Waals surface area contributed by atoms with Gasteiger partial charge in [0.25, 0.3) is 0 Å². The van der Waals surface area contributed by atoms with Gasteiger partial charge in [-0.05, 0) is 31.6 Å². The topological polar surface area (TPSA) is 32.3 Å². The Kier molecular flexibility index (Phi) is 4.66. The van der Waals surface area contributed by atoms with Gasteiger partial charge in [0.2, 0.25) is 0 Å². The summed E-state index contributed by atoms with van der Waals surface area (Å²) in [6, 6.07) is 1.03. The number of hydrogen-bond acceptors (Lipinski definition) is 2. The fraction of sp³-hybridized carbons (Fsp3) is 1.00. The second-order valence-corrected chi connectivity index (χ2v) is 5.85. The van der Waals surface area contributed by atoms with Crippen molar-refractivity contribution in [1.29, 1.82) is 0 Å². The summed E-state index contributed by atoms with van der Waals surface area (Å²) in [5.74, 6) is 0.789. The number of aliphatic hydroxyl groups excluding tert-OH is 1. The predicted octanol–water partition coefficient (Wildman–Crippen LogP) is 2.85. The van der Waals surface area contributed by atoms with Gasteiger partial charge in [0.1, 0.15) is 0 Å². The fourth-order valence-corrected chi connectivity index (χ4v) is 3.32. The zero-order valence-corrected chi connectivity index (χ0v) is 10.6. The number of rotatable bonds is 2. The molecule has 2 aliphatic carbocycles. The van der Waals surface area contributed by atoms with Crippen molar-refractivity contribution >= 4 is 0 Å². The van der Waals surface area contributed by atoms with Gasteiger partial charge in [-0.25, -0.2) is 0 Å². The zero-order valence-electron chi connectivity index (χ0n) is 10.6. The van der Waals surface area contributed by atoms with E-state index >= 15 is 0 Å². The molecule has 0 bridgehead atoms. The molecule has 16 heavy (non-hydrogen) atoms. The van der Waals surface area contributed by atoms with E-state index in [1.165, 1.54) is 51.4 Å². The summed E-state index contributed by atoms with van der Waals surface area (Å²) >= 11 is 0. The van der Waals surface area contributed by atoms with Crippen molar-refractivity contribution in [2.24, 2.45) is 5.92 Å². The largest absolute Gasteiger partial charge is 0.392 e. The molecule has 4 unspecified atom stereocenters. The van der Waals surface area contributed by atoms with Crippen molar-refractivity contribution in [3.8, 4) is 0 Å². The second-order valence-electron chi connectivity index (χ2n) is 5.85. The van der Waals surface area contributed by atoms with E-state index in [1.54, 1.807) is 0 Å². The molecule has 2 saturated carbocycles. The molecule has 2 fully saturated rings. The van der Waals surface area contributed by atoms with Gasteiger partial charge in [-0.2, -0.15) is 0 Å². The van der Waals surface area contributed by atoms with E-state index in [0.29, 0.717) is 12.1 Å². The maximum absolute atomic E-state index is 9.99. The average molecular weight is 225 g/mol. The van der Waals surface area contributed by atoms with Crippen molar-refractivity contribution in [3.63, 3.8) is 0 Å². The van der Waals surface area contributed by atoms with Crippen LogP contribution in [0.4, 0.5) is 0 Å². The normalized spacial score (nSPS) is 41.6. The molecular weight excluding hydrogens is 198 g/mol. The Morgan fingerprint density at radius 2 is 1.44 bits per heavy atom. The summed E-state index contributed by atoms with van der Waals surface area (Å²) in [6.07, 6.45) is 11.4. The Hall–Kier alpha value is -0.0800. The van der Waals surface area contributed by atoms with Gasteiger partial charge < -0.3 is 10.4 Å². The highest BCUT2D eigenvalue weighted by atomic mass is 16.3. The molecule has 2 rings (SSSR count). The molecule has 0 aromatic carbocycles. The lowest BCUT2D eigenvalue weighted by Crippen LogP contribution is -2.49. The van der Waals surface area contributed by atoms with E-state index in [9.17, 15) is 5.11 Å². The molecule has 2 N–H and O–H groups in total. The molecular formula is C14H27NO. The van der Waals surface area contributed by atoms with Crippen LogP contribution in [0.1, 0.15) is 64.7 Å². The zero-order chi connectivity index (χ0) is 11.4. The first-order chi connectivity index (χ1) is 7.77. The first-order valence-electron chi connectivity index (χ1n) is 7.21. The van der Waals surface area contributed by atoms with Crippen LogP contribution in [0.2, 0.25) is 0 Å². The van der Waals surface area contributed by atoms with E-state index in [-0.39, 0.29) is 6.10 Å². The molecule has 0 saturated heterocycles. The fourth-order valence-electron chi connectivity index (χ4n) is 3.32. The van der Waals surface area contributed by atoms with Crippen molar-refractivity contribution in [1.82, 2.24) is 5.32 Å². The maximum Gasteiger partial charge on any atom is 0.0693 e. The monoisotopic (exact) mass is 225 g/mol. The van der Waals surface area contributed by atoms with Crippen molar-refractivity contribution in [2.75, 3.05) is 0 Å². The third kappa shape index (κ3) is 3.21. The van der Waals surface area contributed by atoms with Crippen LogP contribution in [0.25, 0.3) is 0 Å². The maximum atomic E-state index is 9.99. The van der Waals surface area contributed by atoms with Gasteiger partial charge >= 0.3 is 0 Å². The van der Waals surface area contributed by atoms with Crippen LogP contribution in [-0.4, -0.2) is 23.3 Å². The van der Waals surface area contributed by atoms with Crippen LogP contribution >= 0.6 is 0 Å². The van der Waals surface area contributed by atoms with Crippen LogP contribution in [0.5, 0.6) is 0 Å². The number of nitrogens with one attached hydrogen (secondary N) is 1. The molecule has 0 heterocycles. The molecule has 94 valence electrons. The molecule has 0 aromatic rings. The van der Waals surface area contributed by atoms with Crippen molar-refractivity contribution < 1.29 is 5.11 Å². The van der Waals surface area contributed by atoms with Gasteiger partial charge in [-0.1, -0.05) is 39.0 Å². The van der Waals surface area contributed by atoms with E-state index in [0.717, 1.165) is 12.3 Å². The summed E-state index contributed by atoms with van der Waals surface area (Å²) in [4.78, 5) is 0. The van der Waals surface area contributed by atoms with Crippen LogP contribution in [0, 0.1) is 5.92 Å². The van der Waals surface area contributed by atoms with Gasteiger partial charge in [-0.15, -0.1) is 0 Å². The van der Waals surface area contributed by atoms with E-state index in [4.69, 9.17) is 0 Å². The molecule has 0 spiro atoms. The Bertz CT molecular complexity index is 207. The molecule has 0 radical (unpaired) electrons. The highest BCUT2D eigenvalue weighted by molar-refractivity contribution is 4.86. The Morgan fingerprint density at radius 3 is 2.25 bits per heavy atom. The van der Waals surface area contributed by atoms with Gasteiger partial charge in [0, 0.05) is 12.1 Å². The third-order valence-corrected chi connectivity index (χ3v) is 4.52. The molecule has 0 amide bonds. The van der Waals surface area contributed by atoms with Crippen LogP contribution in [-0.2, 0) is 0 Å². The number of aliphatic hydroxyl groups is 1. The lowest BCUT2D eigenvalue weighted by molar-refractivity contribution is 0.0795. The Balaban J connectivity index is 1.86. The minimum absolute atomic E-state index is 0.0933. The van der Waals surface area contributed by atoms with Gasteiger partial charge in [0.05, 0.1) is 6.10 Å². The first-order valence-corrected chi connectivity index (χ1v) is 7.21. The van der Waals surface area contributed by atoms with E-state index in [1.807, 2.05) is 0 Å². The van der Waals surface area contributed by atoms with Crippen LogP contribution in [0.3, 0.4) is 0 Å². The van der Waals surface area contributed by atoms with E-state index in [2.05, 4.69) is 12.2 Å². The molecule has 4 atom stereocenters. The Labute approximate surface area is 99.8 Å². The highest BCUT2D eigenvalue weighted by Crippen LogP contribution is 2.26. The lowest BCUT2D eigenvalue weighted by atomic mass is 9.89. The smallest absolute Gasteiger partial charge is 0.0693 e. The molecule has 2 nitrogen and oxygen atoms in total. The Morgan fingerprint density at radius 1 is 0.812 bits per heavy atom. The van der Waals surface area contributed by atoms with Gasteiger partial charge in [-0.3, -0.25) is 0 Å². The summed E-state index contributed by atoms with van der Waals surface area (Å²) < 4.78 is 0. The minimum atomic E-state index is -0.0933. The summed E-state index contributed by atoms with van der Waals surface area (Å²) in [6.45, 7) is 2.37. The van der Waals surface area contributed by atoms with Crippen LogP contribution in [0.15, 0.2) is 0 Å². The first kappa shape index (κ1) is 12.4.